The highest BCUT2D eigenvalue weighted by Gasteiger charge is 2.26. The van der Waals surface area contributed by atoms with Crippen molar-refractivity contribution in [2.45, 2.75) is 31.4 Å². The standard InChI is InChI=1S/C14H20N2O3S/c17-20(18,10-12-5-3-7-15-12)16-9-13-8-11-4-1-2-6-14(11)19-13/h1-2,4,6,12-13,15-16H,3,5,7-10H2. The molecule has 0 bridgehead atoms. The molecule has 0 saturated carbocycles. The molecule has 5 nitrogen and oxygen atoms in total. The number of para-hydroxylation sites is 1. The van der Waals surface area contributed by atoms with Crippen molar-refractivity contribution in [3.05, 3.63) is 29.8 Å². The van der Waals surface area contributed by atoms with Crippen LogP contribution >= 0.6 is 0 Å². The van der Waals surface area contributed by atoms with Crippen LogP contribution in [0, 0.1) is 0 Å². The predicted molar refractivity (Wildman–Crippen MR) is 77.4 cm³/mol. The smallest absolute Gasteiger partial charge is 0.213 e. The molecule has 3 rings (SSSR count). The Labute approximate surface area is 119 Å². The maximum absolute atomic E-state index is 12.0. The van der Waals surface area contributed by atoms with Crippen molar-refractivity contribution in [3.8, 4) is 5.75 Å². The minimum Gasteiger partial charge on any atom is -0.488 e. The summed E-state index contributed by atoms with van der Waals surface area (Å²) in [6.45, 7) is 1.25. The number of rotatable bonds is 5. The lowest BCUT2D eigenvalue weighted by Gasteiger charge is -2.14. The van der Waals surface area contributed by atoms with Gasteiger partial charge in [0.25, 0.3) is 0 Å². The second-order valence-electron chi connectivity index (χ2n) is 5.47. The van der Waals surface area contributed by atoms with Gasteiger partial charge in [-0.2, -0.15) is 0 Å². The summed E-state index contributed by atoms with van der Waals surface area (Å²) in [6.07, 6.45) is 2.66. The van der Waals surface area contributed by atoms with Gasteiger partial charge >= 0.3 is 0 Å². The molecule has 110 valence electrons. The summed E-state index contributed by atoms with van der Waals surface area (Å²) < 4.78 is 32.4. The quantitative estimate of drug-likeness (QED) is 0.838. The Balaban J connectivity index is 1.50. The topological polar surface area (TPSA) is 67.4 Å². The highest BCUT2D eigenvalue weighted by Crippen LogP contribution is 2.27. The van der Waals surface area contributed by atoms with Crippen LogP contribution in [0.3, 0.4) is 0 Å². The van der Waals surface area contributed by atoms with Gasteiger partial charge in [-0.3, -0.25) is 0 Å². The van der Waals surface area contributed by atoms with Crippen molar-refractivity contribution >= 4 is 10.0 Å². The second kappa shape index (κ2) is 5.71. The third kappa shape index (κ3) is 3.31. The molecule has 2 aliphatic heterocycles. The van der Waals surface area contributed by atoms with Gasteiger partial charge < -0.3 is 10.1 Å². The molecule has 1 saturated heterocycles. The monoisotopic (exact) mass is 296 g/mol. The normalized spacial score (nSPS) is 25.4. The maximum atomic E-state index is 12.0. The van der Waals surface area contributed by atoms with Crippen molar-refractivity contribution in [2.75, 3.05) is 18.8 Å². The second-order valence-corrected chi connectivity index (χ2v) is 7.33. The lowest BCUT2D eigenvalue weighted by Crippen LogP contribution is -2.40. The molecule has 0 radical (unpaired) electrons. The van der Waals surface area contributed by atoms with Crippen LogP contribution in [0.1, 0.15) is 18.4 Å². The maximum Gasteiger partial charge on any atom is 0.213 e. The first-order valence-electron chi connectivity index (χ1n) is 7.08. The van der Waals surface area contributed by atoms with E-state index in [1.54, 1.807) is 0 Å². The van der Waals surface area contributed by atoms with Crippen molar-refractivity contribution in [3.63, 3.8) is 0 Å². The molecule has 1 aromatic rings. The molecule has 2 aliphatic rings. The van der Waals surface area contributed by atoms with Crippen LogP contribution in [0.15, 0.2) is 24.3 Å². The summed E-state index contributed by atoms with van der Waals surface area (Å²) in [6, 6.07) is 7.94. The van der Waals surface area contributed by atoms with E-state index in [4.69, 9.17) is 4.74 Å². The summed E-state index contributed by atoms with van der Waals surface area (Å²) in [5.41, 5.74) is 1.15. The molecule has 2 atom stereocenters. The Bertz CT molecular complexity index is 543. The number of sulfonamides is 1. The van der Waals surface area contributed by atoms with E-state index in [2.05, 4.69) is 10.0 Å². The Morgan fingerprint density at radius 3 is 2.95 bits per heavy atom. The van der Waals surface area contributed by atoms with E-state index in [1.165, 1.54) is 0 Å². The van der Waals surface area contributed by atoms with Gasteiger partial charge in [0.1, 0.15) is 11.9 Å². The number of hydrogen-bond acceptors (Lipinski definition) is 4. The SMILES string of the molecule is O=S(=O)(CC1CCCN1)NCC1Cc2ccccc2O1. The van der Waals surface area contributed by atoms with Crippen LogP contribution in [0.5, 0.6) is 5.75 Å². The first-order valence-corrected chi connectivity index (χ1v) is 8.73. The van der Waals surface area contributed by atoms with Crippen molar-refractivity contribution in [1.82, 2.24) is 10.0 Å². The highest BCUT2D eigenvalue weighted by atomic mass is 32.2. The lowest BCUT2D eigenvalue weighted by atomic mass is 10.1. The molecular formula is C14H20N2O3S. The van der Waals surface area contributed by atoms with Crippen LogP contribution in [-0.2, 0) is 16.4 Å². The van der Waals surface area contributed by atoms with E-state index in [0.29, 0.717) is 6.54 Å². The molecule has 0 aliphatic carbocycles. The van der Waals surface area contributed by atoms with Gasteiger partial charge in [-0.05, 0) is 31.0 Å². The number of hydrogen-bond donors (Lipinski definition) is 2. The number of nitrogens with one attached hydrogen (secondary N) is 2. The average Bonchev–Trinajstić information content (AvgIpc) is 3.04. The van der Waals surface area contributed by atoms with Crippen LogP contribution in [0.2, 0.25) is 0 Å². The van der Waals surface area contributed by atoms with Gasteiger partial charge in [-0.1, -0.05) is 18.2 Å². The van der Waals surface area contributed by atoms with E-state index in [-0.39, 0.29) is 17.9 Å². The number of fused-ring (bicyclic) bond motifs is 1. The molecular weight excluding hydrogens is 276 g/mol. The molecule has 2 N–H and O–H groups in total. The van der Waals surface area contributed by atoms with E-state index in [0.717, 1.165) is 37.1 Å². The number of ether oxygens (including phenoxy) is 1. The number of benzene rings is 1. The summed E-state index contributed by atoms with van der Waals surface area (Å²) >= 11 is 0. The van der Waals surface area contributed by atoms with Crippen LogP contribution in [-0.4, -0.2) is 39.4 Å². The zero-order valence-electron chi connectivity index (χ0n) is 11.3. The fourth-order valence-corrected chi connectivity index (χ4v) is 4.18. The predicted octanol–water partition coefficient (Wildman–Crippen LogP) is 0.662. The minimum absolute atomic E-state index is 0.0918. The third-order valence-electron chi connectivity index (χ3n) is 3.83. The fourth-order valence-electron chi connectivity index (χ4n) is 2.81. The molecule has 0 amide bonds. The van der Waals surface area contributed by atoms with Gasteiger partial charge in [-0.15, -0.1) is 0 Å². The van der Waals surface area contributed by atoms with Gasteiger partial charge in [0.15, 0.2) is 0 Å². The summed E-state index contributed by atoms with van der Waals surface area (Å²) in [5, 5.41) is 3.20. The Morgan fingerprint density at radius 2 is 2.20 bits per heavy atom. The zero-order valence-corrected chi connectivity index (χ0v) is 12.2. The molecule has 2 heterocycles. The summed E-state index contributed by atoms with van der Waals surface area (Å²) in [5.74, 6) is 1.03. The largest absolute Gasteiger partial charge is 0.488 e. The van der Waals surface area contributed by atoms with Crippen molar-refractivity contribution < 1.29 is 13.2 Å². The van der Waals surface area contributed by atoms with Crippen molar-refractivity contribution in [2.24, 2.45) is 0 Å². The van der Waals surface area contributed by atoms with E-state index in [1.807, 2.05) is 24.3 Å². The molecule has 6 heteroatoms. The first kappa shape index (κ1) is 13.9. The molecule has 20 heavy (non-hydrogen) atoms. The molecule has 1 fully saturated rings. The lowest BCUT2D eigenvalue weighted by molar-refractivity contribution is 0.236. The average molecular weight is 296 g/mol. The first-order chi connectivity index (χ1) is 9.62. The summed E-state index contributed by atoms with van der Waals surface area (Å²) in [4.78, 5) is 0. The van der Waals surface area contributed by atoms with E-state index < -0.39 is 10.0 Å². The molecule has 0 spiro atoms. The third-order valence-corrected chi connectivity index (χ3v) is 5.28. The van der Waals surface area contributed by atoms with Gasteiger partial charge in [-0.25, -0.2) is 13.1 Å². The van der Waals surface area contributed by atoms with Crippen LogP contribution in [0.4, 0.5) is 0 Å². The van der Waals surface area contributed by atoms with Crippen molar-refractivity contribution in [1.29, 1.82) is 0 Å². The van der Waals surface area contributed by atoms with Gasteiger partial charge in [0.2, 0.25) is 10.0 Å². The Hall–Kier alpha value is -1.11. The van der Waals surface area contributed by atoms with Gasteiger partial charge in [0.05, 0.1) is 5.75 Å². The van der Waals surface area contributed by atoms with E-state index in [9.17, 15) is 8.42 Å². The highest BCUT2D eigenvalue weighted by molar-refractivity contribution is 7.89. The zero-order chi connectivity index (χ0) is 14.0. The molecule has 1 aromatic carbocycles. The van der Waals surface area contributed by atoms with Crippen LogP contribution in [0.25, 0.3) is 0 Å². The fraction of sp³-hybridized carbons (Fsp3) is 0.571. The Morgan fingerprint density at radius 1 is 1.35 bits per heavy atom. The van der Waals surface area contributed by atoms with Gasteiger partial charge in [0, 0.05) is 19.0 Å². The minimum atomic E-state index is -3.23. The van der Waals surface area contributed by atoms with Crippen LogP contribution < -0.4 is 14.8 Å². The molecule has 0 aromatic heterocycles. The Kier molecular flexibility index (Phi) is 3.96. The molecule has 2 unspecified atom stereocenters. The summed E-state index contributed by atoms with van der Waals surface area (Å²) in [7, 11) is -3.23. The van der Waals surface area contributed by atoms with E-state index >= 15 is 0 Å².